The van der Waals surface area contributed by atoms with Crippen molar-refractivity contribution >= 4 is 11.8 Å². The second-order valence-corrected chi connectivity index (χ2v) is 6.41. The molecule has 2 aromatic heterocycles. The predicted molar refractivity (Wildman–Crippen MR) is 102 cm³/mol. The summed E-state index contributed by atoms with van der Waals surface area (Å²) in [6.07, 6.45) is 2.22. The number of hydrogen-bond acceptors (Lipinski definition) is 5. The first-order valence-corrected chi connectivity index (χ1v) is 8.87. The number of carbonyl (C=O) groups is 1. The fraction of sp³-hybridized carbons (Fsp3) is 0.0476. The standard InChI is InChI=1S/C21H12F4N4O2/c22-12-2-1-11(15(24)8-12)7-18(30)28-21-19(17-5-6-26-10-27-17)20(29-31-21)14-4-3-13(23)9-16(14)25/h1-6,8-10H,7H2,(H,28,30). The molecule has 0 unspecified atom stereocenters. The van der Waals surface area contributed by atoms with E-state index < -0.39 is 35.6 Å². The lowest BCUT2D eigenvalue weighted by molar-refractivity contribution is -0.115. The summed E-state index contributed by atoms with van der Waals surface area (Å²) in [4.78, 5) is 20.3. The molecular weight excluding hydrogens is 416 g/mol. The zero-order valence-electron chi connectivity index (χ0n) is 15.6. The number of hydrogen-bond donors (Lipinski definition) is 1. The summed E-state index contributed by atoms with van der Waals surface area (Å²) in [7, 11) is 0. The maximum Gasteiger partial charge on any atom is 0.241 e. The van der Waals surface area contributed by atoms with Gasteiger partial charge in [-0.2, -0.15) is 0 Å². The maximum atomic E-state index is 14.4. The van der Waals surface area contributed by atoms with Crippen molar-refractivity contribution in [3.8, 4) is 22.5 Å². The fourth-order valence-electron chi connectivity index (χ4n) is 2.93. The summed E-state index contributed by atoms with van der Waals surface area (Å²) in [6.45, 7) is 0. The van der Waals surface area contributed by atoms with Crippen molar-refractivity contribution in [2.24, 2.45) is 0 Å². The van der Waals surface area contributed by atoms with E-state index in [1.54, 1.807) is 0 Å². The molecule has 0 radical (unpaired) electrons. The summed E-state index contributed by atoms with van der Waals surface area (Å²) in [5, 5.41) is 6.24. The molecule has 4 aromatic rings. The highest BCUT2D eigenvalue weighted by Crippen LogP contribution is 2.37. The van der Waals surface area contributed by atoms with E-state index in [-0.39, 0.29) is 34.0 Å². The Morgan fingerprint density at radius 2 is 1.71 bits per heavy atom. The molecule has 0 aliphatic carbocycles. The van der Waals surface area contributed by atoms with Gasteiger partial charge in [0.1, 0.15) is 35.3 Å². The van der Waals surface area contributed by atoms with Crippen molar-refractivity contribution < 1.29 is 26.9 Å². The molecule has 2 aromatic carbocycles. The van der Waals surface area contributed by atoms with Crippen LogP contribution in [0.5, 0.6) is 0 Å². The molecular formula is C21H12F4N4O2. The number of nitrogens with zero attached hydrogens (tertiary/aromatic N) is 3. The topological polar surface area (TPSA) is 80.9 Å². The van der Waals surface area contributed by atoms with Crippen molar-refractivity contribution in [1.82, 2.24) is 15.1 Å². The molecule has 0 fully saturated rings. The number of benzene rings is 2. The Balaban J connectivity index is 1.71. The van der Waals surface area contributed by atoms with Crippen LogP contribution in [-0.2, 0) is 11.2 Å². The van der Waals surface area contributed by atoms with Crippen molar-refractivity contribution in [2.75, 3.05) is 5.32 Å². The van der Waals surface area contributed by atoms with E-state index in [2.05, 4.69) is 20.4 Å². The molecule has 0 saturated carbocycles. The van der Waals surface area contributed by atoms with Gasteiger partial charge in [0.2, 0.25) is 11.8 Å². The number of aromatic nitrogens is 3. The summed E-state index contributed by atoms with van der Waals surface area (Å²) < 4.78 is 59.8. The van der Waals surface area contributed by atoms with Gasteiger partial charge in [0.05, 0.1) is 17.7 Å². The zero-order valence-corrected chi connectivity index (χ0v) is 15.6. The van der Waals surface area contributed by atoms with Crippen LogP contribution in [0, 0.1) is 23.3 Å². The van der Waals surface area contributed by atoms with Crippen LogP contribution in [0.3, 0.4) is 0 Å². The van der Waals surface area contributed by atoms with E-state index in [1.807, 2.05) is 0 Å². The Bertz CT molecular complexity index is 1260. The molecule has 1 N–H and O–H groups in total. The Morgan fingerprint density at radius 1 is 0.968 bits per heavy atom. The third-order valence-electron chi connectivity index (χ3n) is 4.34. The molecule has 0 atom stereocenters. The first-order valence-electron chi connectivity index (χ1n) is 8.87. The second kappa shape index (κ2) is 8.34. The number of anilines is 1. The second-order valence-electron chi connectivity index (χ2n) is 6.41. The first kappa shape index (κ1) is 20.2. The lowest BCUT2D eigenvalue weighted by Crippen LogP contribution is -2.15. The average molecular weight is 428 g/mol. The fourth-order valence-corrected chi connectivity index (χ4v) is 2.93. The third kappa shape index (κ3) is 4.27. The highest BCUT2D eigenvalue weighted by Gasteiger charge is 2.24. The van der Waals surface area contributed by atoms with E-state index in [1.165, 1.54) is 24.7 Å². The lowest BCUT2D eigenvalue weighted by atomic mass is 10.0. The third-order valence-corrected chi connectivity index (χ3v) is 4.34. The van der Waals surface area contributed by atoms with E-state index in [9.17, 15) is 22.4 Å². The van der Waals surface area contributed by atoms with Gasteiger partial charge in [-0.05, 0) is 29.8 Å². The first-order chi connectivity index (χ1) is 14.9. The van der Waals surface area contributed by atoms with Crippen LogP contribution in [0.2, 0.25) is 0 Å². The normalized spacial score (nSPS) is 10.8. The van der Waals surface area contributed by atoms with E-state index in [4.69, 9.17) is 4.52 Å². The van der Waals surface area contributed by atoms with E-state index >= 15 is 0 Å². The minimum absolute atomic E-state index is 0.0283. The summed E-state index contributed by atoms with van der Waals surface area (Å²) in [5.41, 5.74) is 0.231. The quantitative estimate of drug-likeness (QED) is 0.472. The molecule has 0 bridgehead atoms. The highest BCUT2D eigenvalue weighted by atomic mass is 19.1. The molecule has 156 valence electrons. The Labute approximate surface area is 172 Å². The van der Waals surface area contributed by atoms with Gasteiger partial charge in [0.15, 0.2) is 0 Å². The molecule has 6 nitrogen and oxygen atoms in total. The largest absolute Gasteiger partial charge is 0.337 e. The number of rotatable bonds is 5. The molecule has 0 spiro atoms. The van der Waals surface area contributed by atoms with Crippen LogP contribution in [0.4, 0.5) is 23.4 Å². The van der Waals surface area contributed by atoms with Crippen LogP contribution >= 0.6 is 0 Å². The number of halogens is 4. The molecule has 0 saturated heterocycles. The van der Waals surface area contributed by atoms with Gasteiger partial charge >= 0.3 is 0 Å². The molecule has 10 heteroatoms. The molecule has 1 amide bonds. The Morgan fingerprint density at radius 3 is 2.39 bits per heavy atom. The monoisotopic (exact) mass is 428 g/mol. The number of amides is 1. The minimum atomic E-state index is -0.894. The van der Waals surface area contributed by atoms with Gasteiger partial charge in [0.25, 0.3) is 0 Å². The summed E-state index contributed by atoms with van der Waals surface area (Å²) in [5.74, 6) is -4.18. The van der Waals surface area contributed by atoms with Crippen LogP contribution in [0.15, 0.2) is 59.5 Å². The van der Waals surface area contributed by atoms with Crippen molar-refractivity contribution in [3.63, 3.8) is 0 Å². The van der Waals surface area contributed by atoms with Gasteiger partial charge in [-0.15, -0.1) is 0 Å². The predicted octanol–water partition coefficient (Wildman–Crippen LogP) is 4.54. The molecule has 2 heterocycles. The molecule has 0 aliphatic heterocycles. The zero-order chi connectivity index (χ0) is 22.0. The maximum absolute atomic E-state index is 14.4. The Kier molecular flexibility index (Phi) is 5.44. The van der Waals surface area contributed by atoms with Crippen LogP contribution in [0.25, 0.3) is 22.5 Å². The van der Waals surface area contributed by atoms with Crippen molar-refractivity contribution in [3.05, 3.63) is 83.8 Å². The van der Waals surface area contributed by atoms with Gasteiger partial charge in [-0.3, -0.25) is 10.1 Å². The highest BCUT2D eigenvalue weighted by molar-refractivity contribution is 5.97. The Hall–Kier alpha value is -4.08. The van der Waals surface area contributed by atoms with Crippen LogP contribution in [-0.4, -0.2) is 21.0 Å². The molecule has 4 rings (SSSR count). The minimum Gasteiger partial charge on any atom is -0.337 e. The van der Waals surface area contributed by atoms with Crippen LogP contribution in [0.1, 0.15) is 5.56 Å². The SMILES string of the molecule is O=C(Cc1ccc(F)cc1F)Nc1onc(-c2ccc(F)cc2F)c1-c1ccncn1. The van der Waals surface area contributed by atoms with Gasteiger partial charge < -0.3 is 4.52 Å². The summed E-state index contributed by atoms with van der Waals surface area (Å²) >= 11 is 0. The molecule has 31 heavy (non-hydrogen) atoms. The van der Waals surface area contributed by atoms with E-state index in [0.29, 0.717) is 12.1 Å². The van der Waals surface area contributed by atoms with Crippen molar-refractivity contribution in [2.45, 2.75) is 6.42 Å². The van der Waals surface area contributed by atoms with Gasteiger partial charge in [-0.25, -0.2) is 27.5 Å². The van der Waals surface area contributed by atoms with E-state index in [0.717, 1.165) is 18.2 Å². The smallest absolute Gasteiger partial charge is 0.241 e. The van der Waals surface area contributed by atoms with Crippen LogP contribution < -0.4 is 5.32 Å². The number of carbonyl (C=O) groups excluding carboxylic acids is 1. The lowest BCUT2D eigenvalue weighted by Gasteiger charge is -2.07. The van der Waals surface area contributed by atoms with Crippen molar-refractivity contribution in [1.29, 1.82) is 0 Å². The number of nitrogens with one attached hydrogen (secondary N) is 1. The van der Waals surface area contributed by atoms with Gasteiger partial charge in [-0.1, -0.05) is 11.2 Å². The summed E-state index contributed by atoms with van der Waals surface area (Å²) in [6, 6.07) is 7.23. The molecule has 0 aliphatic rings. The average Bonchev–Trinajstić information content (AvgIpc) is 3.14. The van der Waals surface area contributed by atoms with Gasteiger partial charge in [0, 0.05) is 23.9 Å².